The maximum Gasteiger partial charge on any atom is 0.107 e. The van der Waals surface area contributed by atoms with Gasteiger partial charge in [-0.2, -0.15) is 0 Å². The third-order valence-electron chi connectivity index (χ3n) is 15.3. The van der Waals surface area contributed by atoms with Gasteiger partial charge in [0.1, 0.15) is 0.594 Å². The second kappa shape index (κ2) is 32.9. The Kier molecular flexibility index (Phi) is 34.3. The van der Waals surface area contributed by atoms with Gasteiger partial charge in [-0.15, -0.1) is 23.8 Å². The molecule has 2 aromatic rings. The predicted octanol–water partition coefficient (Wildman–Crippen LogP) is 3.71. The second-order valence-corrected chi connectivity index (χ2v) is 18.1. The summed E-state index contributed by atoms with van der Waals surface area (Å²) in [5, 5.41) is 0. The molecule has 4 saturated heterocycles. The van der Waals surface area contributed by atoms with E-state index in [1.165, 1.54) is 249 Å². The van der Waals surface area contributed by atoms with Crippen LogP contribution in [0.25, 0.3) is 0 Å². The van der Waals surface area contributed by atoms with Crippen LogP contribution in [0.3, 0.4) is 0 Å². The van der Waals surface area contributed by atoms with Gasteiger partial charge in [-0.25, -0.2) is 0 Å². The molecule has 2 aromatic carbocycles. The summed E-state index contributed by atoms with van der Waals surface area (Å²) in [6, 6.07) is 18.6. The first-order valence-corrected chi connectivity index (χ1v) is 23.0. The molecule has 4 aliphatic rings. The Morgan fingerprint density at radius 3 is 0.729 bits per heavy atom. The van der Waals surface area contributed by atoms with Crippen LogP contribution in [-0.2, 0) is 25.7 Å². The summed E-state index contributed by atoms with van der Waals surface area (Å²) < 4.78 is 11.3. The van der Waals surface area contributed by atoms with Crippen LogP contribution in [0.15, 0.2) is 48.5 Å². The average Bonchev–Trinajstić information content (AvgIpc) is 4.07. The summed E-state index contributed by atoms with van der Waals surface area (Å²) in [4.78, 5) is 0. The minimum atomic E-state index is 0. The van der Waals surface area contributed by atoms with Crippen LogP contribution in [0.2, 0.25) is 0 Å². The summed E-state index contributed by atoms with van der Waals surface area (Å²) in [5.74, 6) is 0. The van der Waals surface area contributed by atoms with E-state index in [9.17, 15) is 0 Å². The van der Waals surface area contributed by atoms with Crippen LogP contribution in [-0.4, -0.2) is 140 Å². The average molecular weight is 1170 g/mol. The molecule has 0 amide bonds. The van der Waals surface area contributed by atoms with Crippen molar-refractivity contribution in [3.63, 3.8) is 0 Å². The number of rotatable bonds is 20. The molecule has 0 spiro atoms. The molecule has 7 nitrogen and oxygen atoms in total. The van der Waals surface area contributed by atoms with Gasteiger partial charge < -0.3 is 82.3 Å². The molecule has 0 radical (unpaired) electrons. The summed E-state index contributed by atoms with van der Waals surface area (Å²) in [6.07, 6.45) is 22.1. The lowest BCUT2D eigenvalue weighted by atomic mass is 9.98. The molecule has 0 aromatic heterocycles. The Morgan fingerprint density at radius 1 is 0.407 bits per heavy atom. The molecule has 0 atom stereocenters. The Labute approximate surface area is 416 Å². The van der Waals surface area contributed by atoms with E-state index < -0.39 is 0 Å². The zero-order valence-corrected chi connectivity index (χ0v) is 44.0. The standard InChI is InChI=1S/2C24H42N2.CH4.3HI.3H2O/c2*1-3-25(17-7-8-18-25)21-11-15-23-13-5-6-14-24(23)16-12-22-26(4-2)19-9-10-20-26;;;;;;;/h2*5-6,13-14H,3-4,7-12,15-22H2,1-2H3;1H4;3*1H;3*1H2/q2*+2;;;;;;;/p-4/i/hD. The maximum atomic E-state index is 5.72. The van der Waals surface area contributed by atoms with Crippen molar-refractivity contribution in [1.82, 2.24) is 0 Å². The van der Waals surface area contributed by atoms with E-state index >= 15 is 0 Å². The van der Waals surface area contributed by atoms with Crippen molar-refractivity contribution in [3.05, 3.63) is 70.8 Å². The zero-order chi connectivity index (χ0) is 38.6. The molecule has 4 N–H and O–H groups in total. The lowest BCUT2D eigenvalue weighted by Crippen LogP contribution is -3.00. The molecule has 348 valence electrons. The number of benzene rings is 2. The van der Waals surface area contributed by atoms with Gasteiger partial charge in [-0.3, -0.25) is 0 Å². The lowest BCUT2D eigenvalue weighted by molar-refractivity contribution is -0.915. The molecule has 10 heteroatoms. The molecule has 0 unspecified atom stereocenters. The van der Waals surface area contributed by atoms with Crippen molar-refractivity contribution in [2.45, 2.75) is 138 Å². The molecule has 4 aliphatic heterocycles. The van der Waals surface area contributed by atoms with E-state index in [1.807, 2.05) is 0 Å². The highest BCUT2D eigenvalue weighted by molar-refractivity contribution is 14.0. The Hall–Kier alpha value is 0.350. The van der Waals surface area contributed by atoms with Gasteiger partial charge in [0.25, 0.3) is 0 Å². The first-order chi connectivity index (χ1) is 26.4. The number of quaternary nitrogens is 4. The van der Waals surface area contributed by atoms with Crippen LogP contribution in [0, 0.1) is 0 Å². The Bertz CT molecular complexity index is 1120. The number of likely N-dealkylation sites (tertiary alicyclic amines) is 4. The third-order valence-corrected chi connectivity index (χ3v) is 15.3. The van der Waals surface area contributed by atoms with Crippen LogP contribution < -0.4 is 48.0 Å². The van der Waals surface area contributed by atoms with Crippen LogP contribution in [0.4, 0.5) is 0 Å². The minimum absolute atomic E-state index is 0. The number of hydrogen-bond donors (Lipinski definition) is 0. The zero-order valence-electron chi connectivity index (χ0n) is 38.6. The van der Waals surface area contributed by atoms with E-state index in [4.69, 9.17) is 0.594 Å². The molecule has 59 heavy (non-hydrogen) atoms. The second-order valence-electron chi connectivity index (χ2n) is 18.1. The molecular weight excluding hydrogens is 1070 g/mol. The van der Waals surface area contributed by atoms with Crippen molar-refractivity contribution in [3.8, 4) is 0 Å². The summed E-state index contributed by atoms with van der Waals surface area (Å²) in [6.45, 7) is 31.9. The van der Waals surface area contributed by atoms with Gasteiger partial charge in [0.2, 0.25) is 0 Å². The number of nitrogens with zero attached hydrogens (tertiary/aromatic N) is 4. The quantitative estimate of drug-likeness (QED) is 0.150. The highest BCUT2D eigenvalue weighted by atomic mass is 127. The van der Waals surface area contributed by atoms with Crippen molar-refractivity contribution >= 4 is 23.8 Å². The fourth-order valence-electron chi connectivity index (χ4n) is 11.3. The maximum absolute atomic E-state index is 5.72. The summed E-state index contributed by atoms with van der Waals surface area (Å²) in [5.41, 5.74) is 6.52. The molecule has 4 heterocycles. The molecule has 0 bridgehead atoms. The number of halogens is 3. The van der Waals surface area contributed by atoms with Crippen molar-refractivity contribution in [1.29, 1.82) is 0.594 Å². The number of hydrogen-bond acceptors (Lipinski definition) is 2. The minimum Gasteiger partial charge on any atom is -1.00 e. The summed E-state index contributed by atoms with van der Waals surface area (Å²) in [7, 11) is 0. The lowest BCUT2D eigenvalue weighted by Gasteiger charge is -2.33. The molecule has 4 fully saturated rings. The van der Waals surface area contributed by atoms with Crippen LogP contribution in [0.1, 0.15) is 134 Å². The number of aryl methyl sites for hydroxylation is 4. The topological polar surface area (TPSA) is 91.5 Å². The Balaban J connectivity index is -0.000000949. The first-order valence-electron chi connectivity index (χ1n) is 23.3. The van der Waals surface area contributed by atoms with Gasteiger partial charge in [0, 0.05) is 77.0 Å². The van der Waals surface area contributed by atoms with E-state index in [-0.39, 0.29) is 71.8 Å². The van der Waals surface area contributed by atoms with Crippen LogP contribution in [0.5, 0.6) is 0 Å². The molecule has 0 saturated carbocycles. The van der Waals surface area contributed by atoms with Gasteiger partial charge in [0.05, 0.1) is 105 Å². The van der Waals surface area contributed by atoms with Gasteiger partial charge >= 0.3 is 0 Å². The SMILES string of the molecule is C.CC[N+]1(CCCc2ccccc2CCC[N+]2(CC)CCCC2)CCCC1.CC[N+]1(CCCc2ccccc2CCC[N+]2(CC)CCCC2)CCCC1.O.[2H]I.[I-].[I-].[OH-].[OH-]. The fraction of sp³-hybridized carbons (Fsp3) is 0.755. The smallest absolute Gasteiger partial charge is 0.107 e. The Morgan fingerprint density at radius 2 is 0.576 bits per heavy atom. The fourth-order valence-corrected chi connectivity index (χ4v) is 11.3. The molecular formula is C49H93I3N4O3. The third kappa shape index (κ3) is 19.2. The molecule has 0 aliphatic carbocycles. The normalized spacial score (nSPS) is 18.9. The van der Waals surface area contributed by atoms with Gasteiger partial charge in [-0.05, 0) is 75.6 Å². The van der Waals surface area contributed by atoms with E-state index in [0.717, 1.165) is 0 Å². The van der Waals surface area contributed by atoms with E-state index in [2.05, 4.69) is 76.2 Å². The summed E-state index contributed by atoms with van der Waals surface area (Å²) >= 11 is 1.40. The highest BCUT2D eigenvalue weighted by Crippen LogP contribution is 2.25. The van der Waals surface area contributed by atoms with E-state index in [1.54, 1.807) is 22.3 Å². The van der Waals surface area contributed by atoms with Gasteiger partial charge in [-0.1, -0.05) is 56.0 Å². The predicted molar refractivity (Wildman–Crippen MR) is 254 cm³/mol. The highest BCUT2D eigenvalue weighted by Gasteiger charge is 2.32. The van der Waals surface area contributed by atoms with Crippen molar-refractivity contribution in [2.24, 2.45) is 0 Å². The van der Waals surface area contributed by atoms with E-state index in [0.29, 0.717) is 0 Å². The molecule has 6 rings (SSSR count). The van der Waals surface area contributed by atoms with Crippen LogP contribution >= 0.6 is 23.8 Å². The largest absolute Gasteiger partial charge is 1.00 e. The van der Waals surface area contributed by atoms with Gasteiger partial charge in [0.15, 0.2) is 0 Å². The van der Waals surface area contributed by atoms with Crippen molar-refractivity contribution < 1.29 is 82.3 Å². The first kappa shape index (κ1) is 61.4. The monoisotopic (exact) mass is 1170 g/mol. The van der Waals surface area contributed by atoms with Crippen molar-refractivity contribution in [2.75, 3.05) is 105 Å².